The molecule has 0 spiro atoms. The van der Waals surface area contributed by atoms with Gasteiger partial charge in [0.2, 0.25) is 10.0 Å². The number of nitrogens with zero attached hydrogens (tertiary/aromatic N) is 3. The lowest BCUT2D eigenvalue weighted by Crippen LogP contribution is -2.44. The zero-order valence-electron chi connectivity index (χ0n) is 12.1. The van der Waals surface area contributed by atoms with Crippen LogP contribution in [0.15, 0.2) is 23.5 Å². The second-order valence-electron chi connectivity index (χ2n) is 5.83. The summed E-state index contributed by atoms with van der Waals surface area (Å²) in [7, 11) is -3.43. The number of rotatable bonds is 3. The van der Waals surface area contributed by atoms with Gasteiger partial charge in [0, 0.05) is 30.4 Å². The number of hydrogen-bond donors (Lipinski definition) is 2. The van der Waals surface area contributed by atoms with Gasteiger partial charge in [-0.3, -0.25) is 10.2 Å². The van der Waals surface area contributed by atoms with Gasteiger partial charge in [0.15, 0.2) is 0 Å². The maximum atomic E-state index is 12.5. The summed E-state index contributed by atoms with van der Waals surface area (Å²) in [4.78, 5) is 0.226. The third-order valence-corrected chi connectivity index (χ3v) is 6.23. The molecule has 0 saturated carbocycles. The molecule has 7 nitrogen and oxygen atoms in total. The van der Waals surface area contributed by atoms with Gasteiger partial charge in [0.1, 0.15) is 4.90 Å². The van der Waals surface area contributed by atoms with E-state index in [4.69, 9.17) is 0 Å². The summed E-state index contributed by atoms with van der Waals surface area (Å²) < 4.78 is 26.5. The SMILES string of the molecule is Cc1cn[nH]c1C1(C)CCN(S(=O)(=O)c2cn[nH]c2)CC1. The number of H-pyrrole nitrogens is 2. The van der Waals surface area contributed by atoms with Crippen LogP contribution in [0.5, 0.6) is 0 Å². The van der Waals surface area contributed by atoms with Crippen LogP contribution in [-0.2, 0) is 15.4 Å². The first kappa shape index (κ1) is 14.3. The monoisotopic (exact) mass is 309 g/mol. The van der Waals surface area contributed by atoms with E-state index >= 15 is 0 Å². The average molecular weight is 309 g/mol. The summed E-state index contributed by atoms with van der Waals surface area (Å²) in [5, 5.41) is 13.4. The van der Waals surface area contributed by atoms with Crippen molar-refractivity contribution < 1.29 is 8.42 Å². The van der Waals surface area contributed by atoms with E-state index in [0.29, 0.717) is 13.1 Å². The molecule has 0 atom stereocenters. The van der Waals surface area contributed by atoms with Gasteiger partial charge in [-0.25, -0.2) is 8.42 Å². The predicted octanol–water partition coefficient (Wildman–Crippen LogP) is 1.18. The van der Waals surface area contributed by atoms with Crippen molar-refractivity contribution in [3.63, 3.8) is 0 Å². The molecule has 3 heterocycles. The molecule has 0 bridgehead atoms. The largest absolute Gasteiger partial charge is 0.284 e. The molecule has 1 saturated heterocycles. The first-order valence-electron chi connectivity index (χ1n) is 6.93. The van der Waals surface area contributed by atoms with Crippen molar-refractivity contribution in [1.82, 2.24) is 24.7 Å². The molecule has 1 aliphatic heterocycles. The quantitative estimate of drug-likeness (QED) is 0.890. The lowest BCUT2D eigenvalue weighted by Gasteiger charge is -2.38. The van der Waals surface area contributed by atoms with Gasteiger partial charge in [-0.15, -0.1) is 0 Å². The molecule has 114 valence electrons. The highest BCUT2D eigenvalue weighted by atomic mass is 32.2. The predicted molar refractivity (Wildman–Crippen MR) is 77.3 cm³/mol. The Hall–Kier alpha value is -1.67. The molecule has 8 heteroatoms. The second-order valence-corrected chi connectivity index (χ2v) is 7.76. The van der Waals surface area contributed by atoms with E-state index in [1.54, 1.807) is 0 Å². The molecular weight excluding hydrogens is 290 g/mol. The van der Waals surface area contributed by atoms with Crippen LogP contribution < -0.4 is 0 Å². The Balaban J connectivity index is 1.78. The maximum absolute atomic E-state index is 12.5. The van der Waals surface area contributed by atoms with Gasteiger partial charge in [0.05, 0.1) is 12.4 Å². The topological polar surface area (TPSA) is 94.7 Å². The summed E-state index contributed by atoms with van der Waals surface area (Å²) in [6, 6.07) is 0. The minimum Gasteiger partial charge on any atom is -0.284 e. The summed E-state index contributed by atoms with van der Waals surface area (Å²) in [5.74, 6) is 0. The van der Waals surface area contributed by atoms with Crippen LogP contribution in [0.2, 0.25) is 0 Å². The van der Waals surface area contributed by atoms with Crippen molar-refractivity contribution >= 4 is 10.0 Å². The number of hydrogen-bond acceptors (Lipinski definition) is 4. The van der Waals surface area contributed by atoms with Crippen LogP contribution >= 0.6 is 0 Å². The van der Waals surface area contributed by atoms with Crippen LogP contribution in [-0.4, -0.2) is 46.2 Å². The van der Waals surface area contributed by atoms with Crippen molar-refractivity contribution in [2.75, 3.05) is 13.1 Å². The third-order valence-electron chi connectivity index (χ3n) is 4.37. The van der Waals surface area contributed by atoms with Crippen molar-refractivity contribution in [3.05, 3.63) is 29.8 Å². The Bertz CT molecular complexity index is 712. The molecule has 0 amide bonds. The molecule has 0 unspecified atom stereocenters. The zero-order chi connectivity index (χ0) is 15.1. The van der Waals surface area contributed by atoms with Gasteiger partial charge >= 0.3 is 0 Å². The Morgan fingerprint density at radius 3 is 2.48 bits per heavy atom. The lowest BCUT2D eigenvalue weighted by molar-refractivity contribution is 0.244. The van der Waals surface area contributed by atoms with Crippen LogP contribution in [0.3, 0.4) is 0 Å². The normalized spacial score (nSPS) is 19.7. The Labute approximate surface area is 123 Å². The van der Waals surface area contributed by atoms with Gasteiger partial charge < -0.3 is 0 Å². The molecule has 0 aromatic carbocycles. The second kappa shape index (κ2) is 4.96. The Kier molecular flexibility index (Phi) is 3.37. The molecule has 3 rings (SSSR count). The number of aryl methyl sites for hydroxylation is 1. The van der Waals surface area contributed by atoms with Crippen LogP contribution in [0.25, 0.3) is 0 Å². The first-order chi connectivity index (χ1) is 9.93. The van der Waals surface area contributed by atoms with Crippen LogP contribution in [0, 0.1) is 6.92 Å². The highest BCUT2D eigenvalue weighted by Crippen LogP contribution is 2.36. The molecule has 2 N–H and O–H groups in total. The van der Waals surface area contributed by atoms with Crippen molar-refractivity contribution in [1.29, 1.82) is 0 Å². The Morgan fingerprint density at radius 1 is 1.24 bits per heavy atom. The molecule has 21 heavy (non-hydrogen) atoms. The molecular formula is C13H19N5O2S. The fourth-order valence-electron chi connectivity index (χ4n) is 2.96. The fraction of sp³-hybridized carbons (Fsp3) is 0.538. The minimum absolute atomic E-state index is 0.0526. The highest BCUT2D eigenvalue weighted by Gasteiger charge is 2.38. The van der Waals surface area contributed by atoms with Gasteiger partial charge in [0.25, 0.3) is 0 Å². The lowest BCUT2D eigenvalue weighted by atomic mass is 9.77. The van der Waals surface area contributed by atoms with Gasteiger partial charge in [-0.05, 0) is 25.3 Å². The zero-order valence-corrected chi connectivity index (χ0v) is 12.9. The summed E-state index contributed by atoms with van der Waals surface area (Å²) in [5.41, 5.74) is 2.19. The summed E-state index contributed by atoms with van der Waals surface area (Å²) in [6.45, 7) is 5.19. The number of aromatic amines is 2. The van der Waals surface area contributed by atoms with Crippen LogP contribution in [0.4, 0.5) is 0 Å². The van der Waals surface area contributed by atoms with E-state index in [0.717, 1.165) is 24.1 Å². The summed E-state index contributed by atoms with van der Waals surface area (Å²) >= 11 is 0. The van der Waals surface area contributed by atoms with Crippen molar-refractivity contribution in [2.45, 2.75) is 37.0 Å². The third kappa shape index (κ3) is 2.38. The smallest absolute Gasteiger partial charge is 0.246 e. The molecule has 0 radical (unpaired) electrons. The van der Waals surface area contributed by atoms with E-state index in [2.05, 4.69) is 27.3 Å². The van der Waals surface area contributed by atoms with Crippen molar-refractivity contribution in [2.24, 2.45) is 0 Å². The summed E-state index contributed by atoms with van der Waals surface area (Å²) in [6.07, 6.45) is 6.12. The number of aromatic nitrogens is 4. The average Bonchev–Trinajstić information content (AvgIpc) is 3.10. The number of nitrogens with one attached hydrogen (secondary N) is 2. The van der Waals surface area contributed by atoms with Crippen LogP contribution in [0.1, 0.15) is 31.0 Å². The Morgan fingerprint density at radius 2 is 1.95 bits per heavy atom. The molecule has 0 aliphatic carbocycles. The maximum Gasteiger partial charge on any atom is 0.246 e. The molecule has 1 aliphatic rings. The van der Waals surface area contributed by atoms with E-state index in [-0.39, 0.29) is 10.3 Å². The van der Waals surface area contributed by atoms with Gasteiger partial charge in [-0.2, -0.15) is 14.5 Å². The van der Waals surface area contributed by atoms with E-state index < -0.39 is 10.0 Å². The van der Waals surface area contributed by atoms with E-state index in [1.807, 2.05) is 13.1 Å². The fourth-order valence-corrected chi connectivity index (χ4v) is 4.31. The molecule has 2 aromatic rings. The molecule has 2 aromatic heterocycles. The highest BCUT2D eigenvalue weighted by molar-refractivity contribution is 7.89. The standard InChI is InChI=1S/C13H19N5O2S/c1-10-7-16-17-12(10)13(2)3-5-18(6-4-13)21(19,20)11-8-14-15-9-11/h7-9H,3-6H2,1-2H3,(H,14,15)(H,16,17). The van der Waals surface area contributed by atoms with E-state index in [9.17, 15) is 8.42 Å². The first-order valence-corrected chi connectivity index (χ1v) is 8.37. The number of sulfonamides is 1. The van der Waals surface area contributed by atoms with Gasteiger partial charge in [-0.1, -0.05) is 6.92 Å². The molecule has 1 fully saturated rings. The van der Waals surface area contributed by atoms with E-state index in [1.165, 1.54) is 16.7 Å². The van der Waals surface area contributed by atoms with Crippen molar-refractivity contribution in [3.8, 4) is 0 Å². The number of piperidine rings is 1. The minimum atomic E-state index is -3.43.